The number of ether oxygens (including phenoxy) is 1. The van der Waals surface area contributed by atoms with E-state index in [0.29, 0.717) is 29.0 Å². The second-order valence-corrected chi connectivity index (χ2v) is 5.89. The summed E-state index contributed by atoms with van der Waals surface area (Å²) in [6, 6.07) is 8.92. The minimum atomic E-state index is -0.337. The normalized spacial score (nSPS) is 14.9. The van der Waals surface area contributed by atoms with Gasteiger partial charge in [-0.15, -0.1) is 0 Å². The van der Waals surface area contributed by atoms with E-state index in [2.05, 4.69) is 4.90 Å². The lowest BCUT2D eigenvalue weighted by Crippen LogP contribution is -2.22. The molecule has 2 aromatic carbocycles. The Kier molecular flexibility index (Phi) is 4.86. The summed E-state index contributed by atoms with van der Waals surface area (Å²) >= 11 is 0. The number of benzene rings is 2. The Hall–Kier alpha value is -2.66. The number of hydrogen-bond acceptors (Lipinski definition) is 4. The van der Waals surface area contributed by atoms with Crippen molar-refractivity contribution in [1.29, 1.82) is 0 Å². The summed E-state index contributed by atoms with van der Waals surface area (Å²) in [6.45, 7) is 6.22. The molecule has 0 radical (unpaired) electrons. The van der Waals surface area contributed by atoms with E-state index >= 15 is 0 Å². The quantitative estimate of drug-likeness (QED) is 0.836. The van der Waals surface area contributed by atoms with E-state index in [1.807, 2.05) is 13.8 Å². The molecule has 0 unspecified atom stereocenters. The standard InChI is InChI=1S/C20H20FNO3/c1-3-22(4-2)12-16-17(23)10-9-15-19(24)18(25-20(15)16)11-13-5-7-14(21)8-6-13/h5-11,23H,3-4,12H2,1-2H3/b18-11-. The van der Waals surface area contributed by atoms with Crippen molar-refractivity contribution in [1.82, 2.24) is 4.90 Å². The fourth-order valence-corrected chi connectivity index (χ4v) is 2.83. The van der Waals surface area contributed by atoms with Gasteiger partial charge in [-0.1, -0.05) is 26.0 Å². The zero-order chi connectivity index (χ0) is 18.0. The number of nitrogens with zero attached hydrogens (tertiary/aromatic N) is 1. The van der Waals surface area contributed by atoms with Crippen molar-refractivity contribution < 1.29 is 19.0 Å². The SMILES string of the molecule is CCN(CC)Cc1c(O)ccc2c1O/C(=C\c1ccc(F)cc1)C2=O. The Labute approximate surface area is 146 Å². The molecule has 0 atom stereocenters. The maximum atomic E-state index is 13.0. The number of rotatable bonds is 5. The number of Topliss-reactive ketones (excluding diaryl/α,β-unsaturated/α-hetero) is 1. The van der Waals surface area contributed by atoms with Gasteiger partial charge in [-0.2, -0.15) is 0 Å². The molecule has 0 fully saturated rings. The monoisotopic (exact) mass is 341 g/mol. The van der Waals surface area contributed by atoms with Crippen molar-refractivity contribution in [2.45, 2.75) is 20.4 Å². The summed E-state index contributed by atoms with van der Waals surface area (Å²) < 4.78 is 18.8. The van der Waals surface area contributed by atoms with Crippen molar-refractivity contribution >= 4 is 11.9 Å². The molecule has 0 saturated heterocycles. The number of carbonyl (C=O) groups excluding carboxylic acids is 1. The fraction of sp³-hybridized carbons (Fsp3) is 0.250. The third-order valence-electron chi connectivity index (χ3n) is 4.36. The molecule has 0 bridgehead atoms. The zero-order valence-electron chi connectivity index (χ0n) is 14.3. The lowest BCUT2D eigenvalue weighted by molar-refractivity contribution is 0.101. The molecule has 0 saturated carbocycles. The Bertz CT molecular complexity index is 824. The molecular formula is C20H20FNO3. The second-order valence-electron chi connectivity index (χ2n) is 5.89. The van der Waals surface area contributed by atoms with Crippen LogP contribution in [0.25, 0.3) is 6.08 Å². The number of ketones is 1. The first kappa shape index (κ1) is 17.2. The number of hydrogen-bond donors (Lipinski definition) is 1. The first-order chi connectivity index (χ1) is 12.0. The third-order valence-corrected chi connectivity index (χ3v) is 4.36. The van der Waals surface area contributed by atoms with Crippen LogP contribution in [0.1, 0.15) is 35.3 Å². The van der Waals surface area contributed by atoms with Crippen LogP contribution in [0.4, 0.5) is 4.39 Å². The van der Waals surface area contributed by atoms with E-state index in [-0.39, 0.29) is 23.1 Å². The van der Waals surface area contributed by atoms with Gasteiger partial charge < -0.3 is 9.84 Å². The van der Waals surface area contributed by atoms with Crippen LogP contribution in [0.15, 0.2) is 42.2 Å². The van der Waals surface area contributed by atoms with Crippen LogP contribution in [0.3, 0.4) is 0 Å². The van der Waals surface area contributed by atoms with Crippen molar-refractivity contribution in [3.63, 3.8) is 0 Å². The van der Waals surface area contributed by atoms with Gasteiger partial charge in [-0.3, -0.25) is 9.69 Å². The van der Waals surface area contributed by atoms with Crippen LogP contribution < -0.4 is 4.74 Å². The summed E-state index contributed by atoms with van der Waals surface area (Å²) in [5.74, 6) is 0.121. The van der Waals surface area contributed by atoms with Crippen LogP contribution in [0.5, 0.6) is 11.5 Å². The summed E-state index contributed by atoms with van der Waals surface area (Å²) in [5, 5.41) is 10.2. The predicted molar refractivity (Wildman–Crippen MR) is 94.1 cm³/mol. The maximum Gasteiger partial charge on any atom is 0.231 e. The Morgan fingerprint density at radius 3 is 2.44 bits per heavy atom. The summed E-state index contributed by atoms with van der Waals surface area (Å²) in [7, 11) is 0. The number of fused-ring (bicyclic) bond motifs is 1. The number of phenols is 1. The largest absolute Gasteiger partial charge is 0.507 e. The number of phenolic OH excluding ortho intramolecular Hbond substituents is 1. The highest BCUT2D eigenvalue weighted by atomic mass is 19.1. The third kappa shape index (κ3) is 3.42. The van der Waals surface area contributed by atoms with Gasteiger partial charge in [0.05, 0.1) is 11.1 Å². The van der Waals surface area contributed by atoms with Crippen molar-refractivity contribution in [3.05, 3.63) is 64.7 Å². The number of allylic oxidation sites excluding steroid dienone is 1. The van der Waals surface area contributed by atoms with Crippen LogP contribution in [0, 0.1) is 5.82 Å². The topological polar surface area (TPSA) is 49.8 Å². The highest BCUT2D eigenvalue weighted by molar-refractivity contribution is 6.15. The molecule has 1 aliphatic heterocycles. The average Bonchev–Trinajstić information content (AvgIpc) is 2.92. The molecule has 2 aromatic rings. The van der Waals surface area contributed by atoms with Crippen LogP contribution >= 0.6 is 0 Å². The van der Waals surface area contributed by atoms with Gasteiger partial charge in [-0.25, -0.2) is 4.39 Å². The van der Waals surface area contributed by atoms with Gasteiger partial charge in [-0.05, 0) is 49.0 Å². The van der Waals surface area contributed by atoms with Gasteiger partial charge in [0.2, 0.25) is 5.78 Å². The van der Waals surface area contributed by atoms with Gasteiger partial charge in [0.25, 0.3) is 0 Å². The Balaban J connectivity index is 1.96. The maximum absolute atomic E-state index is 13.0. The molecule has 0 aliphatic carbocycles. The van der Waals surface area contributed by atoms with Crippen LogP contribution in [0.2, 0.25) is 0 Å². The molecule has 0 spiro atoms. The van der Waals surface area contributed by atoms with E-state index in [0.717, 1.165) is 13.1 Å². The molecule has 130 valence electrons. The van der Waals surface area contributed by atoms with Crippen LogP contribution in [-0.4, -0.2) is 28.9 Å². The van der Waals surface area contributed by atoms with Gasteiger partial charge in [0, 0.05) is 6.54 Å². The molecule has 1 heterocycles. The van der Waals surface area contributed by atoms with E-state index in [9.17, 15) is 14.3 Å². The highest BCUT2D eigenvalue weighted by Crippen LogP contribution is 2.40. The molecule has 1 aliphatic rings. The van der Waals surface area contributed by atoms with Gasteiger partial charge >= 0.3 is 0 Å². The van der Waals surface area contributed by atoms with Crippen molar-refractivity contribution in [2.75, 3.05) is 13.1 Å². The first-order valence-corrected chi connectivity index (χ1v) is 8.30. The molecule has 0 aromatic heterocycles. The minimum Gasteiger partial charge on any atom is -0.507 e. The molecule has 5 heteroatoms. The molecular weight excluding hydrogens is 321 g/mol. The zero-order valence-corrected chi connectivity index (χ0v) is 14.3. The first-order valence-electron chi connectivity index (χ1n) is 8.30. The van der Waals surface area contributed by atoms with E-state index in [1.54, 1.807) is 24.3 Å². The van der Waals surface area contributed by atoms with Crippen molar-refractivity contribution in [2.24, 2.45) is 0 Å². The number of aromatic hydroxyl groups is 1. The lowest BCUT2D eigenvalue weighted by atomic mass is 10.0. The summed E-state index contributed by atoms with van der Waals surface area (Å²) in [4.78, 5) is 14.7. The smallest absolute Gasteiger partial charge is 0.231 e. The molecule has 4 nitrogen and oxygen atoms in total. The lowest BCUT2D eigenvalue weighted by Gasteiger charge is -2.20. The summed E-state index contributed by atoms with van der Waals surface area (Å²) in [5.41, 5.74) is 1.72. The second kappa shape index (κ2) is 7.07. The van der Waals surface area contributed by atoms with E-state index in [1.165, 1.54) is 18.2 Å². The summed E-state index contributed by atoms with van der Waals surface area (Å²) in [6.07, 6.45) is 1.58. The molecule has 3 rings (SSSR count). The van der Waals surface area contributed by atoms with Crippen LogP contribution in [-0.2, 0) is 6.54 Å². The van der Waals surface area contributed by atoms with E-state index in [4.69, 9.17) is 4.74 Å². The number of carbonyl (C=O) groups is 1. The van der Waals surface area contributed by atoms with E-state index < -0.39 is 0 Å². The Morgan fingerprint density at radius 2 is 1.80 bits per heavy atom. The highest BCUT2D eigenvalue weighted by Gasteiger charge is 2.31. The molecule has 0 amide bonds. The fourth-order valence-electron chi connectivity index (χ4n) is 2.83. The molecule has 1 N–H and O–H groups in total. The molecule has 25 heavy (non-hydrogen) atoms. The Morgan fingerprint density at radius 1 is 1.12 bits per heavy atom. The average molecular weight is 341 g/mol. The predicted octanol–water partition coefficient (Wildman–Crippen LogP) is 3.99. The number of halogens is 1. The van der Waals surface area contributed by atoms with Crippen molar-refractivity contribution in [3.8, 4) is 11.5 Å². The van der Waals surface area contributed by atoms with Gasteiger partial charge in [0.1, 0.15) is 17.3 Å². The minimum absolute atomic E-state index is 0.112. The van der Waals surface area contributed by atoms with Gasteiger partial charge in [0.15, 0.2) is 5.76 Å².